The topological polar surface area (TPSA) is 66.1 Å². The van der Waals surface area contributed by atoms with E-state index in [0.29, 0.717) is 17.1 Å². The van der Waals surface area contributed by atoms with Crippen LogP contribution in [0.3, 0.4) is 0 Å². The average Bonchev–Trinajstić information content (AvgIpc) is 3.10. The van der Waals surface area contributed by atoms with Gasteiger partial charge in [-0.05, 0) is 57.4 Å². The molecular formula is C19H25N3O2S. The first-order chi connectivity index (χ1) is 12.0. The summed E-state index contributed by atoms with van der Waals surface area (Å²) in [5, 5.41) is 2.10. The molecule has 1 amide bonds. The molecule has 1 N–H and O–H groups in total. The molecule has 1 atom stereocenters. The van der Waals surface area contributed by atoms with Crippen molar-refractivity contribution < 1.29 is 4.79 Å². The number of aromatic amines is 1. The predicted molar refractivity (Wildman–Crippen MR) is 100 cm³/mol. The first-order valence-corrected chi connectivity index (χ1v) is 9.81. The van der Waals surface area contributed by atoms with Crippen LogP contribution in [0.4, 0.5) is 0 Å². The molecule has 0 spiro atoms. The van der Waals surface area contributed by atoms with Crippen molar-refractivity contribution in [1.29, 1.82) is 0 Å². The van der Waals surface area contributed by atoms with Gasteiger partial charge in [-0.2, -0.15) is 0 Å². The Morgan fingerprint density at radius 3 is 2.96 bits per heavy atom. The van der Waals surface area contributed by atoms with E-state index in [2.05, 4.69) is 27.5 Å². The second-order valence-electron chi connectivity index (χ2n) is 6.75. The number of rotatable bonds is 5. The fraction of sp³-hybridized carbons (Fsp3) is 0.526. The van der Waals surface area contributed by atoms with E-state index in [1.807, 2.05) is 4.90 Å². The lowest BCUT2D eigenvalue weighted by atomic mass is 9.96. The van der Waals surface area contributed by atoms with E-state index >= 15 is 0 Å². The van der Waals surface area contributed by atoms with Crippen molar-refractivity contribution >= 4 is 17.2 Å². The molecule has 1 aliphatic heterocycles. The summed E-state index contributed by atoms with van der Waals surface area (Å²) in [5.41, 5.74) is 0.963. The Kier molecular flexibility index (Phi) is 5.68. The molecule has 5 nitrogen and oxygen atoms in total. The summed E-state index contributed by atoms with van der Waals surface area (Å²) in [6, 6.07) is 4.50. The van der Waals surface area contributed by atoms with Crippen LogP contribution in [0.2, 0.25) is 0 Å². The van der Waals surface area contributed by atoms with Crippen molar-refractivity contribution in [3.63, 3.8) is 0 Å². The van der Waals surface area contributed by atoms with Crippen LogP contribution in [-0.4, -0.2) is 33.4 Å². The van der Waals surface area contributed by atoms with Crippen LogP contribution in [-0.2, 0) is 17.6 Å². The number of piperidine rings is 1. The molecule has 1 saturated heterocycles. The fourth-order valence-corrected chi connectivity index (χ4v) is 4.33. The zero-order chi connectivity index (χ0) is 17.8. The second-order valence-corrected chi connectivity index (χ2v) is 7.78. The maximum Gasteiger partial charge on any atom is 0.254 e. The Bertz CT molecular complexity index is 782. The Morgan fingerprint density at radius 2 is 2.24 bits per heavy atom. The number of nitrogens with one attached hydrogen (secondary N) is 1. The maximum atomic E-state index is 12.9. The van der Waals surface area contributed by atoms with Crippen LogP contribution >= 0.6 is 11.3 Å². The van der Waals surface area contributed by atoms with Crippen molar-refractivity contribution in [3.05, 3.63) is 49.8 Å². The minimum atomic E-state index is -0.189. The third-order valence-electron chi connectivity index (χ3n) is 4.92. The molecule has 0 aliphatic carbocycles. The highest BCUT2D eigenvalue weighted by Gasteiger charge is 2.27. The molecule has 0 saturated carbocycles. The van der Waals surface area contributed by atoms with Crippen molar-refractivity contribution in [2.24, 2.45) is 0 Å². The number of hydrogen-bond acceptors (Lipinski definition) is 4. The largest absolute Gasteiger partial charge is 0.339 e. The molecule has 134 valence electrons. The number of thiophene rings is 1. The summed E-state index contributed by atoms with van der Waals surface area (Å²) in [5.74, 6) is 0.639. The van der Waals surface area contributed by atoms with Crippen molar-refractivity contribution in [2.75, 3.05) is 6.54 Å². The SMILES string of the molecule is Cc1nc(C)c(CC(=O)N2CCCC[C@@H]2CCc2cccs2)c(=O)[nH]1. The van der Waals surface area contributed by atoms with Crippen LogP contribution in [0.25, 0.3) is 0 Å². The predicted octanol–water partition coefficient (Wildman–Crippen LogP) is 3.00. The average molecular weight is 359 g/mol. The van der Waals surface area contributed by atoms with E-state index < -0.39 is 0 Å². The molecule has 0 aromatic carbocycles. The number of nitrogens with zero attached hydrogens (tertiary/aromatic N) is 2. The van der Waals surface area contributed by atoms with Gasteiger partial charge in [-0.1, -0.05) is 6.07 Å². The van der Waals surface area contributed by atoms with Gasteiger partial charge in [-0.15, -0.1) is 11.3 Å². The Hall–Kier alpha value is -1.95. The molecular weight excluding hydrogens is 334 g/mol. The van der Waals surface area contributed by atoms with Gasteiger partial charge >= 0.3 is 0 Å². The van der Waals surface area contributed by atoms with E-state index in [-0.39, 0.29) is 23.9 Å². The fourth-order valence-electron chi connectivity index (χ4n) is 3.60. The zero-order valence-corrected chi connectivity index (χ0v) is 15.7. The van der Waals surface area contributed by atoms with E-state index in [9.17, 15) is 9.59 Å². The zero-order valence-electron chi connectivity index (χ0n) is 14.9. The first kappa shape index (κ1) is 17.9. The third-order valence-corrected chi connectivity index (χ3v) is 5.86. The van der Waals surface area contributed by atoms with Gasteiger partial charge in [-0.3, -0.25) is 9.59 Å². The van der Waals surface area contributed by atoms with Crippen LogP contribution in [0, 0.1) is 13.8 Å². The van der Waals surface area contributed by atoms with Crippen LogP contribution in [0.15, 0.2) is 22.3 Å². The number of hydrogen-bond donors (Lipinski definition) is 1. The number of aryl methyl sites for hydroxylation is 3. The van der Waals surface area contributed by atoms with Gasteiger partial charge in [0, 0.05) is 28.7 Å². The van der Waals surface area contributed by atoms with Crippen molar-refractivity contribution in [2.45, 2.75) is 58.4 Å². The third kappa shape index (κ3) is 4.37. The highest BCUT2D eigenvalue weighted by Crippen LogP contribution is 2.23. The highest BCUT2D eigenvalue weighted by molar-refractivity contribution is 7.09. The van der Waals surface area contributed by atoms with E-state index in [4.69, 9.17) is 0 Å². The molecule has 3 rings (SSSR count). The van der Waals surface area contributed by atoms with Gasteiger partial charge in [-0.25, -0.2) is 4.98 Å². The molecule has 0 radical (unpaired) electrons. The molecule has 0 unspecified atom stereocenters. The van der Waals surface area contributed by atoms with Gasteiger partial charge < -0.3 is 9.88 Å². The monoisotopic (exact) mass is 359 g/mol. The molecule has 1 aliphatic rings. The smallest absolute Gasteiger partial charge is 0.254 e. The standard InChI is InChI=1S/C19H25N3O2S/c1-13-17(19(24)21-14(2)20-13)12-18(23)22-10-4-3-6-15(22)8-9-16-7-5-11-25-16/h5,7,11,15H,3-4,6,8-10,12H2,1-2H3,(H,20,21,24)/t15-/m1/s1. The van der Waals surface area contributed by atoms with Gasteiger partial charge in [0.25, 0.3) is 5.56 Å². The number of H-pyrrole nitrogens is 1. The number of carbonyl (C=O) groups excluding carboxylic acids is 1. The summed E-state index contributed by atoms with van der Waals surface area (Å²) >= 11 is 1.77. The lowest BCUT2D eigenvalue weighted by Gasteiger charge is -2.36. The van der Waals surface area contributed by atoms with Gasteiger partial charge in [0.2, 0.25) is 5.91 Å². The molecule has 0 bridgehead atoms. The lowest BCUT2D eigenvalue weighted by Crippen LogP contribution is -2.45. The summed E-state index contributed by atoms with van der Waals surface area (Å²) in [4.78, 5) is 35.4. The molecule has 1 fully saturated rings. The van der Waals surface area contributed by atoms with E-state index in [0.717, 1.165) is 32.2 Å². The number of likely N-dealkylation sites (tertiary alicyclic amines) is 1. The number of carbonyl (C=O) groups is 1. The van der Waals surface area contributed by atoms with Crippen LogP contribution in [0.5, 0.6) is 0 Å². The lowest BCUT2D eigenvalue weighted by molar-refractivity contribution is -0.134. The van der Waals surface area contributed by atoms with E-state index in [1.54, 1.807) is 25.2 Å². The Morgan fingerprint density at radius 1 is 1.40 bits per heavy atom. The second kappa shape index (κ2) is 7.95. The molecule has 2 aromatic rings. The van der Waals surface area contributed by atoms with E-state index in [1.165, 1.54) is 11.3 Å². The quantitative estimate of drug-likeness (QED) is 0.892. The maximum absolute atomic E-state index is 12.9. The van der Waals surface area contributed by atoms with Crippen molar-refractivity contribution in [1.82, 2.24) is 14.9 Å². The molecule has 3 heterocycles. The molecule has 6 heteroatoms. The van der Waals surface area contributed by atoms with Crippen molar-refractivity contribution in [3.8, 4) is 0 Å². The number of aromatic nitrogens is 2. The first-order valence-electron chi connectivity index (χ1n) is 8.93. The minimum absolute atomic E-state index is 0.0510. The van der Waals surface area contributed by atoms with Gasteiger partial charge in [0.1, 0.15) is 5.82 Å². The van der Waals surface area contributed by atoms with Gasteiger partial charge in [0.15, 0.2) is 0 Å². The Labute approximate surface area is 152 Å². The van der Waals surface area contributed by atoms with Gasteiger partial charge in [0.05, 0.1) is 6.42 Å². The summed E-state index contributed by atoms with van der Waals surface area (Å²) in [6.07, 6.45) is 5.42. The number of amides is 1. The molecule has 2 aromatic heterocycles. The highest BCUT2D eigenvalue weighted by atomic mass is 32.1. The van der Waals surface area contributed by atoms with Crippen LogP contribution < -0.4 is 5.56 Å². The summed E-state index contributed by atoms with van der Waals surface area (Å²) in [7, 11) is 0. The minimum Gasteiger partial charge on any atom is -0.339 e. The van der Waals surface area contributed by atoms with Crippen LogP contribution in [0.1, 0.15) is 47.6 Å². The Balaban J connectivity index is 1.69. The normalized spacial score (nSPS) is 17.7. The molecule has 25 heavy (non-hydrogen) atoms. The summed E-state index contributed by atoms with van der Waals surface area (Å²) in [6.45, 7) is 4.35. The summed E-state index contributed by atoms with van der Waals surface area (Å²) < 4.78 is 0.